The van der Waals surface area contributed by atoms with Gasteiger partial charge < -0.3 is 10.6 Å². The van der Waals surface area contributed by atoms with Gasteiger partial charge in [-0.2, -0.15) is 0 Å². The molecule has 0 amide bonds. The van der Waals surface area contributed by atoms with Crippen LogP contribution >= 0.6 is 0 Å². The Morgan fingerprint density at radius 3 is 2.58 bits per heavy atom. The normalized spacial score (nSPS) is 39.2. The Bertz CT molecular complexity index is 303. The molecule has 2 unspecified atom stereocenters. The summed E-state index contributed by atoms with van der Waals surface area (Å²) in [5.41, 5.74) is 6.46. The van der Waals surface area contributed by atoms with Crippen molar-refractivity contribution in [2.45, 2.75) is 43.7 Å². The van der Waals surface area contributed by atoms with E-state index in [2.05, 4.69) is 21.7 Å². The van der Waals surface area contributed by atoms with Gasteiger partial charge in [-0.25, -0.2) is 0 Å². The zero-order valence-electron chi connectivity index (χ0n) is 12.5. The van der Waals surface area contributed by atoms with E-state index >= 15 is 0 Å². The maximum Gasteiger partial charge on any atom is 0.0459 e. The van der Waals surface area contributed by atoms with Crippen molar-refractivity contribution in [2.75, 3.05) is 52.9 Å². The van der Waals surface area contributed by atoms with E-state index in [0.717, 1.165) is 19.1 Å². The Hall–Kier alpha value is -0.160. The Labute approximate surface area is 117 Å². The second kappa shape index (κ2) is 5.68. The van der Waals surface area contributed by atoms with Crippen LogP contribution in [0.3, 0.4) is 0 Å². The average molecular weight is 266 g/mol. The van der Waals surface area contributed by atoms with Gasteiger partial charge in [-0.1, -0.05) is 0 Å². The summed E-state index contributed by atoms with van der Waals surface area (Å²) in [7, 11) is 2.25. The molecule has 2 atom stereocenters. The van der Waals surface area contributed by atoms with Crippen molar-refractivity contribution in [2.24, 2.45) is 5.73 Å². The molecular formula is C15H30N4. The van der Waals surface area contributed by atoms with Crippen molar-refractivity contribution in [1.82, 2.24) is 14.7 Å². The molecule has 0 bridgehead atoms. The molecule has 0 aromatic carbocycles. The number of piperidine rings is 1. The smallest absolute Gasteiger partial charge is 0.0459 e. The quantitative estimate of drug-likeness (QED) is 0.810. The number of nitrogens with zero attached hydrogens (tertiary/aromatic N) is 3. The first-order valence-electron chi connectivity index (χ1n) is 8.11. The fourth-order valence-electron chi connectivity index (χ4n) is 4.47. The van der Waals surface area contributed by atoms with Crippen LogP contribution in [0.15, 0.2) is 0 Å². The molecule has 3 aliphatic rings. The van der Waals surface area contributed by atoms with Crippen LogP contribution in [0.5, 0.6) is 0 Å². The molecule has 19 heavy (non-hydrogen) atoms. The minimum Gasteiger partial charge on any atom is -0.329 e. The highest BCUT2D eigenvalue weighted by Gasteiger charge is 2.43. The van der Waals surface area contributed by atoms with Crippen LogP contribution in [0, 0.1) is 0 Å². The molecule has 4 heteroatoms. The molecule has 3 heterocycles. The predicted molar refractivity (Wildman–Crippen MR) is 79.3 cm³/mol. The first-order chi connectivity index (χ1) is 9.23. The molecule has 3 aliphatic heterocycles. The third-order valence-electron chi connectivity index (χ3n) is 5.62. The largest absolute Gasteiger partial charge is 0.329 e. The molecule has 4 nitrogen and oxygen atoms in total. The monoisotopic (exact) mass is 266 g/mol. The van der Waals surface area contributed by atoms with Crippen molar-refractivity contribution in [1.29, 1.82) is 0 Å². The molecule has 0 radical (unpaired) electrons. The number of likely N-dealkylation sites (tertiary alicyclic amines) is 3. The van der Waals surface area contributed by atoms with E-state index < -0.39 is 0 Å². The highest BCUT2D eigenvalue weighted by molar-refractivity contribution is 5.01. The van der Waals surface area contributed by atoms with Crippen LogP contribution in [-0.2, 0) is 0 Å². The van der Waals surface area contributed by atoms with Gasteiger partial charge in [0.25, 0.3) is 0 Å². The summed E-state index contributed by atoms with van der Waals surface area (Å²) >= 11 is 0. The number of rotatable bonds is 3. The lowest BCUT2D eigenvalue weighted by atomic mass is 9.87. The molecular weight excluding hydrogens is 236 g/mol. The predicted octanol–water partition coefficient (Wildman–Crippen LogP) is 0.580. The first kappa shape index (κ1) is 13.8. The third kappa shape index (κ3) is 2.68. The molecule has 110 valence electrons. The Balaban J connectivity index is 1.64. The fraction of sp³-hybridized carbons (Fsp3) is 1.00. The van der Waals surface area contributed by atoms with Crippen LogP contribution < -0.4 is 5.73 Å². The van der Waals surface area contributed by atoms with E-state index in [4.69, 9.17) is 5.73 Å². The zero-order valence-corrected chi connectivity index (χ0v) is 12.5. The average Bonchev–Trinajstić information content (AvgIpc) is 3.09. The Morgan fingerprint density at radius 1 is 1.11 bits per heavy atom. The van der Waals surface area contributed by atoms with Crippen LogP contribution in [0.25, 0.3) is 0 Å². The van der Waals surface area contributed by atoms with E-state index in [1.807, 2.05) is 0 Å². The molecule has 3 fully saturated rings. The molecule has 0 saturated carbocycles. The summed E-state index contributed by atoms with van der Waals surface area (Å²) in [6.07, 6.45) is 6.76. The van der Waals surface area contributed by atoms with Crippen molar-refractivity contribution in [3.63, 3.8) is 0 Å². The van der Waals surface area contributed by atoms with Crippen LogP contribution in [0.4, 0.5) is 0 Å². The van der Waals surface area contributed by atoms with Gasteiger partial charge in [-0.3, -0.25) is 9.80 Å². The highest BCUT2D eigenvalue weighted by Crippen LogP contribution is 2.31. The number of nitrogens with two attached hydrogens (primary N) is 1. The van der Waals surface area contributed by atoms with Crippen molar-refractivity contribution in [3.8, 4) is 0 Å². The Kier molecular flexibility index (Phi) is 4.13. The van der Waals surface area contributed by atoms with Gasteiger partial charge in [0.2, 0.25) is 0 Å². The number of likely N-dealkylation sites (N-methyl/N-ethyl adjacent to an activating group) is 1. The molecule has 0 aromatic rings. The second-order valence-corrected chi connectivity index (χ2v) is 6.90. The first-order valence-corrected chi connectivity index (χ1v) is 8.11. The summed E-state index contributed by atoms with van der Waals surface area (Å²) in [5, 5.41) is 0. The lowest BCUT2D eigenvalue weighted by Crippen LogP contribution is -2.61. The lowest BCUT2D eigenvalue weighted by Gasteiger charge is -2.47. The van der Waals surface area contributed by atoms with E-state index in [9.17, 15) is 0 Å². The lowest BCUT2D eigenvalue weighted by molar-refractivity contribution is 0.0381. The molecule has 3 saturated heterocycles. The number of hydrogen-bond donors (Lipinski definition) is 1. The number of hydrogen-bond acceptors (Lipinski definition) is 4. The molecule has 3 rings (SSSR count). The van der Waals surface area contributed by atoms with Crippen molar-refractivity contribution in [3.05, 3.63) is 0 Å². The van der Waals surface area contributed by atoms with E-state index in [0.29, 0.717) is 0 Å². The van der Waals surface area contributed by atoms with Crippen LogP contribution in [-0.4, -0.2) is 79.1 Å². The summed E-state index contributed by atoms with van der Waals surface area (Å²) < 4.78 is 0. The topological polar surface area (TPSA) is 35.7 Å². The highest BCUT2D eigenvalue weighted by atomic mass is 15.3. The van der Waals surface area contributed by atoms with Gasteiger partial charge in [0, 0.05) is 37.8 Å². The van der Waals surface area contributed by atoms with Gasteiger partial charge in [-0.15, -0.1) is 0 Å². The summed E-state index contributed by atoms with van der Waals surface area (Å²) in [6, 6.07) is 0.804. The fourth-order valence-corrected chi connectivity index (χ4v) is 4.47. The molecule has 0 spiro atoms. The van der Waals surface area contributed by atoms with E-state index in [1.54, 1.807) is 0 Å². The Morgan fingerprint density at radius 2 is 1.89 bits per heavy atom. The minimum absolute atomic E-state index is 0.265. The van der Waals surface area contributed by atoms with Crippen LogP contribution in [0.2, 0.25) is 0 Å². The molecule has 0 aliphatic carbocycles. The van der Waals surface area contributed by atoms with Gasteiger partial charge in [0.15, 0.2) is 0 Å². The maximum absolute atomic E-state index is 6.20. The molecule has 2 N–H and O–H groups in total. The summed E-state index contributed by atoms with van der Waals surface area (Å²) in [4.78, 5) is 7.92. The standard InChI is InChI=1S/C15H30N4/c1-17-7-4-6-15(12-16,13-17)19-10-5-14(11-19)18-8-2-3-9-18/h14H,2-13,16H2,1H3. The summed E-state index contributed by atoms with van der Waals surface area (Å²) in [5.74, 6) is 0. The van der Waals surface area contributed by atoms with Crippen molar-refractivity contribution < 1.29 is 0 Å². The van der Waals surface area contributed by atoms with Crippen LogP contribution in [0.1, 0.15) is 32.1 Å². The third-order valence-corrected chi connectivity index (χ3v) is 5.62. The van der Waals surface area contributed by atoms with Gasteiger partial charge >= 0.3 is 0 Å². The van der Waals surface area contributed by atoms with Gasteiger partial charge in [-0.05, 0) is 58.8 Å². The van der Waals surface area contributed by atoms with Crippen molar-refractivity contribution >= 4 is 0 Å². The molecule has 0 aromatic heterocycles. The zero-order chi connectivity index (χ0) is 13.3. The van der Waals surface area contributed by atoms with E-state index in [1.165, 1.54) is 64.8 Å². The maximum atomic E-state index is 6.20. The van der Waals surface area contributed by atoms with E-state index in [-0.39, 0.29) is 5.54 Å². The van der Waals surface area contributed by atoms with Gasteiger partial charge in [0.1, 0.15) is 0 Å². The van der Waals surface area contributed by atoms with Gasteiger partial charge in [0.05, 0.1) is 0 Å². The SMILES string of the molecule is CN1CCCC(CN)(N2CCC(N3CCCC3)C2)C1. The minimum atomic E-state index is 0.265. The second-order valence-electron chi connectivity index (χ2n) is 6.90. The summed E-state index contributed by atoms with van der Waals surface area (Å²) in [6.45, 7) is 8.39.